The van der Waals surface area contributed by atoms with Crippen molar-refractivity contribution >= 4 is 34.2 Å². The van der Waals surface area contributed by atoms with Gasteiger partial charge in [-0.05, 0) is 52.7 Å². The van der Waals surface area contributed by atoms with Gasteiger partial charge in [0.25, 0.3) is 5.91 Å². The largest absolute Gasteiger partial charge is 0.462 e. The van der Waals surface area contributed by atoms with Gasteiger partial charge in [0.2, 0.25) is 0 Å². The van der Waals surface area contributed by atoms with Gasteiger partial charge in [-0.15, -0.1) is 0 Å². The highest BCUT2D eigenvalue weighted by atomic mass is 32.1. The lowest BCUT2D eigenvalue weighted by molar-refractivity contribution is 0.0531. The number of thiazole rings is 1. The van der Waals surface area contributed by atoms with Crippen LogP contribution in [0.5, 0.6) is 0 Å². The van der Waals surface area contributed by atoms with Crippen molar-refractivity contribution in [3.63, 3.8) is 0 Å². The Balaban J connectivity index is 1.86. The molecular weight excluding hydrogens is 376 g/mol. The molecule has 150 valence electrons. The minimum atomic E-state index is -0.391. The third-order valence-electron chi connectivity index (χ3n) is 4.67. The van der Waals surface area contributed by atoms with Gasteiger partial charge in [-0.1, -0.05) is 11.3 Å². The van der Waals surface area contributed by atoms with Gasteiger partial charge in [0.15, 0.2) is 5.13 Å². The molecule has 0 saturated heterocycles. The second kappa shape index (κ2) is 8.68. The predicted molar refractivity (Wildman–Crippen MR) is 110 cm³/mol. The molecule has 7 nitrogen and oxygen atoms in total. The Bertz CT molecular complexity index is 842. The van der Waals surface area contributed by atoms with Gasteiger partial charge in [0.1, 0.15) is 10.7 Å². The van der Waals surface area contributed by atoms with Gasteiger partial charge in [-0.2, -0.15) is 0 Å². The third kappa shape index (κ3) is 4.16. The summed E-state index contributed by atoms with van der Waals surface area (Å²) in [6, 6.07) is 3.81. The van der Waals surface area contributed by atoms with Crippen LogP contribution in [0.3, 0.4) is 0 Å². The molecule has 1 fully saturated rings. The number of ether oxygens (including phenoxy) is 1. The minimum absolute atomic E-state index is 0.121. The van der Waals surface area contributed by atoms with E-state index in [0.29, 0.717) is 27.9 Å². The van der Waals surface area contributed by atoms with E-state index < -0.39 is 5.97 Å². The first-order chi connectivity index (χ1) is 13.5. The molecule has 1 aliphatic rings. The van der Waals surface area contributed by atoms with Gasteiger partial charge in [-0.25, -0.2) is 14.8 Å². The lowest BCUT2D eigenvalue weighted by atomic mass is 10.2. The number of amides is 1. The highest BCUT2D eigenvalue weighted by Gasteiger charge is 2.37. The first-order valence-electron chi connectivity index (χ1n) is 9.69. The Morgan fingerprint density at radius 2 is 1.93 bits per heavy atom. The van der Waals surface area contributed by atoms with Gasteiger partial charge in [0, 0.05) is 25.3 Å². The Morgan fingerprint density at radius 1 is 1.21 bits per heavy atom. The molecule has 0 unspecified atom stereocenters. The van der Waals surface area contributed by atoms with E-state index in [-0.39, 0.29) is 11.9 Å². The molecule has 0 aliphatic heterocycles. The number of esters is 1. The number of nitrogens with zero attached hydrogens (tertiary/aromatic N) is 4. The van der Waals surface area contributed by atoms with Crippen LogP contribution < -0.4 is 9.80 Å². The van der Waals surface area contributed by atoms with E-state index in [9.17, 15) is 9.59 Å². The molecule has 1 aliphatic carbocycles. The summed E-state index contributed by atoms with van der Waals surface area (Å²) >= 11 is 1.21. The molecule has 2 aromatic rings. The minimum Gasteiger partial charge on any atom is -0.462 e. The van der Waals surface area contributed by atoms with Crippen LogP contribution in [-0.2, 0) is 4.74 Å². The molecule has 0 N–H and O–H groups in total. The summed E-state index contributed by atoms with van der Waals surface area (Å²) in [7, 11) is 0. The van der Waals surface area contributed by atoms with Gasteiger partial charge in [-0.3, -0.25) is 9.69 Å². The molecule has 3 rings (SSSR count). The maximum Gasteiger partial charge on any atom is 0.350 e. The van der Waals surface area contributed by atoms with Crippen LogP contribution in [0.1, 0.15) is 59.3 Å². The average Bonchev–Trinajstić information content (AvgIpc) is 3.45. The number of aryl methyl sites for hydroxylation is 1. The van der Waals surface area contributed by atoms with Crippen LogP contribution in [0.4, 0.5) is 10.9 Å². The van der Waals surface area contributed by atoms with Crippen molar-refractivity contribution in [2.45, 2.75) is 46.6 Å². The van der Waals surface area contributed by atoms with E-state index in [1.165, 1.54) is 11.3 Å². The smallest absolute Gasteiger partial charge is 0.350 e. The van der Waals surface area contributed by atoms with E-state index in [4.69, 9.17) is 4.74 Å². The van der Waals surface area contributed by atoms with Crippen LogP contribution in [0.25, 0.3) is 0 Å². The third-order valence-corrected chi connectivity index (χ3v) is 5.80. The Labute approximate surface area is 169 Å². The van der Waals surface area contributed by atoms with Crippen molar-refractivity contribution in [2.75, 3.05) is 29.5 Å². The van der Waals surface area contributed by atoms with E-state index >= 15 is 0 Å². The summed E-state index contributed by atoms with van der Waals surface area (Å²) in [6.45, 7) is 9.71. The fourth-order valence-electron chi connectivity index (χ4n) is 3.00. The van der Waals surface area contributed by atoms with Gasteiger partial charge in [0.05, 0.1) is 17.9 Å². The highest BCUT2D eigenvalue weighted by molar-refractivity contribution is 7.17. The lowest BCUT2D eigenvalue weighted by Crippen LogP contribution is -2.33. The van der Waals surface area contributed by atoms with Crippen molar-refractivity contribution in [3.05, 3.63) is 34.5 Å². The van der Waals surface area contributed by atoms with E-state index in [1.54, 1.807) is 24.9 Å². The summed E-state index contributed by atoms with van der Waals surface area (Å²) in [5.74, 6) is 0.330. The summed E-state index contributed by atoms with van der Waals surface area (Å²) in [5.41, 5.74) is 1.11. The first-order valence-corrected chi connectivity index (χ1v) is 10.5. The number of hydrogen-bond acceptors (Lipinski definition) is 7. The summed E-state index contributed by atoms with van der Waals surface area (Å²) in [5, 5.41) is 0.542. The number of carbonyl (C=O) groups excluding carboxylic acids is 2. The zero-order valence-electron chi connectivity index (χ0n) is 16.8. The molecule has 1 amide bonds. The van der Waals surface area contributed by atoms with Crippen LogP contribution in [0.2, 0.25) is 0 Å². The maximum absolute atomic E-state index is 13.2. The van der Waals surface area contributed by atoms with E-state index in [0.717, 1.165) is 31.7 Å². The number of aromatic nitrogens is 2. The number of rotatable bonds is 8. The van der Waals surface area contributed by atoms with Gasteiger partial charge < -0.3 is 9.64 Å². The molecule has 28 heavy (non-hydrogen) atoms. The van der Waals surface area contributed by atoms with Crippen LogP contribution in [-0.4, -0.2) is 47.6 Å². The standard InChI is InChI=1S/C20H26N4O3S/c1-5-23(6-2)16-11-8-14(12-21-16)18(25)24(15-9-10-15)20-22-13(4)17(28-20)19(26)27-7-3/h8,11-12,15H,5-7,9-10H2,1-4H3. The molecule has 2 aromatic heterocycles. The van der Waals surface area contributed by atoms with Crippen LogP contribution >= 0.6 is 11.3 Å². The predicted octanol–water partition coefficient (Wildman–Crippen LogP) is 3.68. The lowest BCUT2D eigenvalue weighted by Gasteiger charge is -2.21. The number of hydrogen-bond donors (Lipinski definition) is 0. The van der Waals surface area contributed by atoms with E-state index in [1.807, 2.05) is 12.1 Å². The van der Waals surface area contributed by atoms with Crippen molar-refractivity contribution in [2.24, 2.45) is 0 Å². The summed E-state index contributed by atoms with van der Waals surface area (Å²) in [4.78, 5) is 38.5. The molecule has 0 radical (unpaired) electrons. The van der Waals surface area contributed by atoms with Crippen molar-refractivity contribution < 1.29 is 14.3 Å². The quantitative estimate of drug-likeness (QED) is 0.627. The molecule has 1 saturated carbocycles. The maximum atomic E-state index is 13.2. The fraction of sp³-hybridized carbons (Fsp3) is 0.500. The van der Waals surface area contributed by atoms with Crippen LogP contribution in [0, 0.1) is 6.92 Å². The Morgan fingerprint density at radius 3 is 2.46 bits per heavy atom. The van der Waals surface area contributed by atoms with Crippen molar-refractivity contribution in [1.82, 2.24) is 9.97 Å². The Kier molecular flexibility index (Phi) is 6.28. The molecule has 0 aromatic carbocycles. The second-order valence-corrected chi connectivity index (χ2v) is 7.59. The zero-order valence-corrected chi connectivity index (χ0v) is 17.6. The van der Waals surface area contributed by atoms with Crippen molar-refractivity contribution in [3.8, 4) is 0 Å². The number of anilines is 2. The van der Waals surface area contributed by atoms with Crippen LogP contribution in [0.15, 0.2) is 18.3 Å². The fourth-order valence-corrected chi connectivity index (χ4v) is 4.03. The average molecular weight is 403 g/mol. The normalized spacial score (nSPS) is 13.3. The van der Waals surface area contributed by atoms with Gasteiger partial charge >= 0.3 is 5.97 Å². The molecule has 2 heterocycles. The number of carbonyl (C=O) groups is 2. The molecule has 0 spiro atoms. The molecule has 0 atom stereocenters. The molecule has 8 heteroatoms. The Hall–Kier alpha value is -2.48. The van der Waals surface area contributed by atoms with Crippen molar-refractivity contribution in [1.29, 1.82) is 0 Å². The summed E-state index contributed by atoms with van der Waals surface area (Å²) in [6.07, 6.45) is 3.49. The molecular formula is C20H26N4O3S. The topological polar surface area (TPSA) is 75.6 Å². The highest BCUT2D eigenvalue weighted by Crippen LogP contribution is 2.36. The first kappa shape index (κ1) is 20.3. The SMILES string of the molecule is CCOC(=O)c1sc(N(C(=O)c2ccc(N(CC)CC)nc2)C2CC2)nc1C. The monoisotopic (exact) mass is 402 g/mol. The molecule has 0 bridgehead atoms. The second-order valence-electron chi connectivity index (χ2n) is 6.62. The number of pyridine rings is 1. The summed E-state index contributed by atoms with van der Waals surface area (Å²) < 4.78 is 5.09. The zero-order chi connectivity index (χ0) is 20.3. The van der Waals surface area contributed by atoms with E-state index in [2.05, 4.69) is 28.7 Å².